The highest BCUT2D eigenvalue weighted by Gasteiger charge is 1.83. The van der Waals surface area contributed by atoms with Crippen molar-refractivity contribution >= 4 is 22.8 Å². The monoisotopic (exact) mass is 163 g/mol. The van der Waals surface area contributed by atoms with Gasteiger partial charge in [-0.05, 0) is 6.92 Å². The van der Waals surface area contributed by atoms with E-state index in [1.54, 1.807) is 6.07 Å². The van der Waals surface area contributed by atoms with Gasteiger partial charge in [0.15, 0.2) is 0 Å². The lowest BCUT2D eigenvalue weighted by Crippen LogP contribution is -1.82. The zero-order valence-electron chi connectivity index (χ0n) is 3.97. The van der Waals surface area contributed by atoms with Crippen molar-refractivity contribution in [3.05, 3.63) is 0 Å². The van der Waals surface area contributed by atoms with Crippen LogP contribution in [0.5, 0.6) is 0 Å². The van der Waals surface area contributed by atoms with Crippen LogP contribution in [0.1, 0.15) is 13.3 Å². The second-order valence-electron chi connectivity index (χ2n) is 1.04. The fraction of sp³-hybridized carbons (Fsp3) is 0.500. The molecule has 0 aliphatic rings. The number of carbonyl (C=O) groups excluding carboxylic acids is 1. The summed E-state index contributed by atoms with van der Waals surface area (Å²) in [7, 11) is 0. The van der Waals surface area contributed by atoms with Crippen LogP contribution in [0, 0.1) is 11.3 Å². The van der Waals surface area contributed by atoms with Gasteiger partial charge in [-0.15, -0.1) is 17.0 Å². The summed E-state index contributed by atoms with van der Waals surface area (Å²) in [6, 6.07) is 1.72. The second kappa shape index (κ2) is 5.64. The Hall–Kier alpha value is -0.360. The van der Waals surface area contributed by atoms with Crippen LogP contribution in [0.2, 0.25) is 0 Å². The fourth-order valence-corrected chi connectivity index (χ4v) is 0.111. The van der Waals surface area contributed by atoms with Crippen molar-refractivity contribution in [2.75, 3.05) is 0 Å². The Morgan fingerprint density at radius 2 is 2.29 bits per heavy atom. The maximum absolute atomic E-state index is 9.82. The zero-order valence-corrected chi connectivity index (χ0v) is 5.68. The first kappa shape index (κ1) is 9.81. The lowest BCUT2D eigenvalue weighted by atomic mass is 10.3. The third-order valence-electron chi connectivity index (χ3n) is 0.328. The summed E-state index contributed by atoms with van der Waals surface area (Å²) in [5, 5.41) is 7.77. The van der Waals surface area contributed by atoms with Crippen LogP contribution in [-0.4, -0.2) is 5.78 Å². The maximum atomic E-state index is 9.82. The molecule has 0 atom stereocenters. The van der Waals surface area contributed by atoms with E-state index in [0.717, 1.165) is 0 Å². The molecular formula is C4H6BrNO. The van der Waals surface area contributed by atoms with Gasteiger partial charge in [-0.25, -0.2) is 0 Å². The first-order valence-corrected chi connectivity index (χ1v) is 1.63. The van der Waals surface area contributed by atoms with Crippen molar-refractivity contribution in [3.63, 3.8) is 0 Å². The Labute approximate surface area is 52.9 Å². The standard InChI is InChI=1S/C4H5NO.BrH/c1-4(6)2-3-5;/h2H2,1H3;1H. The minimum atomic E-state index is -0.0718. The van der Waals surface area contributed by atoms with Gasteiger partial charge in [0.1, 0.15) is 5.78 Å². The predicted molar refractivity (Wildman–Crippen MR) is 31.2 cm³/mol. The zero-order chi connectivity index (χ0) is 4.99. The lowest BCUT2D eigenvalue weighted by Gasteiger charge is -1.69. The molecule has 0 aliphatic carbocycles. The molecule has 2 nitrogen and oxygen atoms in total. The number of Topliss-reactive ketones (excluding diaryl/α,β-unsaturated/α-hetero) is 1. The minimum absolute atomic E-state index is 0. The molecule has 0 saturated carbocycles. The molecule has 0 radical (unpaired) electrons. The van der Waals surface area contributed by atoms with Crippen LogP contribution < -0.4 is 0 Å². The van der Waals surface area contributed by atoms with E-state index in [9.17, 15) is 4.79 Å². The largest absolute Gasteiger partial charge is 0.299 e. The van der Waals surface area contributed by atoms with Gasteiger partial charge in [-0.1, -0.05) is 0 Å². The first-order valence-electron chi connectivity index (χ1n) is 1.63. The van der Waals surface area contributed by atoms with Crippen molar-refractivity contribution in [3.8, 4) is 6.07 Å². The molecule has 0 aliphatic heterocycles. The summed E-state index contributed by atoms with van der Waals surface area (Å²) in [6.45, 7) is 1.39. The lowest BCUT2D eigenvalue weighted by molar-refractivity contribution is -0.116. The normalized spacial score (nSPS) is 5.71. The van der Waals surface area contributed by atoms with Gasteiger partial charge in [0.25, 0.3) is 0 Å². The van der Waals surface area contributed by atoms with E-state index in [0.29, 0.717) is 0 Å². The van der Waals surface area contributed by atoms with E-state index in [2.05, 4.69) is 0 Å². The van der Waals surface area contributed by atoms with Crippen molar-refractivity contribution in [2.24, 2.45) is 0 Å². The van der Waals surface area contributed by atoms with Crippen molar-refractivity contribution < 1.29 is 4.79 Å². The quantitative estimate of drug-likeness (QED) is 0.581. The molecule has 0 aromatic rings. The average molecular weight is 164 g/mol. The summed E-state index contributed by atoms with van der Waals surface area (Å²) < 4.78 is 0. The number of carbonyl (C=O) groups is 1. The first-order chi connectivity index (χ1) is 2.77. The van der Waals surface area contributed by atoms with E-state index in [1.165, 1.54) is 6.92 Å². The summed E-state index contributed by atoms with van der Waals surface area (Å²) in [6.07, 6.45) is 0.0417. The molecule has 0 unspecified atom stereocenters. The van der Waals surface area contributed by atoms with E-state index in [4.69, 9.17) is 5.26 Å². The molecule has 0 saturated heterocycles. The molecule has 3 heteroatoms. The third kappa shape index (κ3) is 10.7. The summed E-state index contributed by atoms with van der Waals surface area (Å²) in [5.74, 6) is -0.0718. The van der Waals surface area contributed by atoms with Crippen LogP contribution in [0.3, 0.4) is 0 Å². The van der Waals surface area contributed by atoms with Gasteiger partial charge in [0.05, 0.1) is 12.5 Å². The van der Waals surface area contributed by atoms with E-state index in [1.807, 2.05) is 0 Å². The molecule has 0 rings (SSSR count). The third-order valence-corrected chi connectivity index (χ3v) is 0.328. The van der Waals surface area contributed by atoms with Crippen LogP contribution in [0.4, 0.5) is 0 Å². The van der Waals surface area contributed by atoms with Gasteiger partial charge in [0.2, 0.25) is 0 Å². The molecule has 0 heterocycles. The van der Waals surface area contributed by atoms with Gasteiger partial charge in [0, 0.05) is 0 Å². The smallest absolute Gasteiger partial charge is 0.143 e. The Kier molecular flexibility index (Phi) is 7.90. The highest BCUT2D eigenvalue weighted by molar-refractivity contribution is 8.93. The summed E-state index contributed by atoms with van der Waals surface area (Å²) >= 11 is 0. The van der Waals surface area contributed by atoms with Crippen molar-refractivity contribution in [1.29, 1.82) is 5.26 Å². The minimum Gasteiger partial charge on any atom is -0.299 e. The highest BCUT2D eigenvalue weighted by atomic mass is 79.9. The molecule has 7 heavy (non-hydrogen) atoms. The molecule has 0 aromatic heterocycles. The number of rotatable bonds is 1. The Balaban J connectivity index is 0. The Morgan fingerprint density at radius 1 is 1.86 bits per heavy atom. The number of hydrogen-bond donors (Lipinski definition) is 0. The second-order valence-corrected chi connectivity index (χ2v) is 1.04. The van der Waals surface area contributed by atoms with Crippen LogP contribution in [0.25, 0.3) is 0 Å². The van der Waals surface area contributed by atoms with Crippen molar-refractivity contribution in [1.82, 2.24) is 0 Å². The van der Waals surface area contributed by atoms with Crippen LogP contribution >= 0.6 is 17.0 Å². The van der Waals surface area contributed by atoms with Gasteiger partial charge in [-0.3, -0.25) is 4.79 Å². The Bertz CT molecular complexity index is 94.4. The summed E-state index contributed by atoms with van der Waals surface area (Å²) in [4.78, 5) is 9.82. The number of nitriles is 1. The fourth-order valence-electron chi connectivity index (χ4n) is 0.111. The van der Waals surface area contributed by atoms with E-state index >= 15 is 0 Å². The highest BCUT2D eigenvalue weighted by Crippen LogP contribution is 1.72. The van der Waals surface area contributed by atoms with Gasteiger partial charge in [-0.2, -0.15) is 5.26 Å². The van der Waals surface area contributed by atoms with Crippen molar-refractivity contribution in [2.45, 2.75) is 13.3 Å². The predicted octanol–water partition coefficient (Wildman–Crippen LogP) is 1.07. The summed E-state index contributed by atoms with van der Waals surface area (Å²) in [5.41, 5.74) is 0. The molecule has 0 amide bonds. The number of ketones is 1. The molecule has 0 bridgehead atoms. The SMILES string of the molecule is Br.CC(=O)CC#N. The van der Waals surface area contributed by atoms with E-state index in [-0.39, 0.29) is 29.2 Å². The van der Waals surface area contributed by atoms with Crippen LogP contribution in [-0.2, 0) is 4.79 Å². The molecular weight excluding hydrogens is 158 g/mol. The topological polar surface area (TPSA) is 40.9 Å². The molecule has 0 N–H and O–H groups in total. The molecule has 0 spiro atoms. The van der Waals surface area contributed by atoms with Gasteiger partial charge >= 0.3 is 0 Å². The van der Waals surface area contributed by atoms with E-state index < -0.39 is 0 Å². The number of halogens is 1. The molecule has 0 aromatic carbocycles. The molecule has 40 valence electrons. The average Bonchev–Trinajstić information content (AvgIpc) is 1.35. The van der Waals surface area contributed by atoms with Crippen LogP contribution in [0.15, 0.2) is 0 Å². The number of hydrogen-bond acceptors (Lipinski definition) is 2. The maximum Gasteiger partial charge on any atom is 0.143 e. The number of nitrogens with zero attached hydrogens (tertiary/aromatic N) is 1. The Morgan fingerprint density at radius 3 is 2.29 bits per heavy atom. The van der Waals surface area contributed by atoms with Gasteiger partial charge < -0.3 is 0 Å². The molecule has 0 fully saturated rings.